The van der Waals surface area contributed by atoms with E-state index in [0.29, 0.717) is 43.8 Å². The molecule has 0 fully saturated rings. The molecule has 0 spiro atoms. The first-order chi connectivity index (χ1) is 29.2. The Morgan fingerprint density at radius 1 is 0.774 bits per heavy atom. The number of nitrogens with zero attached hydrogens (tertiary/aromatic N) is 1. The average Bonchev–Trinajstić information content (AvgIpc) is 3.19. The number of anilines is 1. The van der Waals surface area contributed by atoms with Crippen molar-refractivity contribution in [2.75, 3.05) is 31.0 Å². The van der Waals surface area contributed by atoms with Gasteiger partial charge in [0.25, 0.3) is 0 Å². The highest BCUT2D eigenvalue weighted by atomic mass is 32.2. The Morgan fingerprint density at radius 3 is 2.06 bits per heavy atom. The van der Waals surface area contributed by atoms with Gasteiger partial charge in [-0.2, -0.15) is 22.0 Å². The zero-order valence-corrected chi connectivity index (χ0v) is 37.2. The molecular formula is C44H58N4O12S2. The average molecular weight is 899 g/mol. The molecule has 18 heteroatoms. The summed E-state index contributed by atoms with van der Waals surface area (Å²) in [5.74, 6) is -3.74. The van der Waals surface area contributed by atoms with Crippen LogP contribution in [-0.2, 0) is 51.4 Å². The van der Waals surface area contributed by atoms with Crippen molar-refractivity contribution in [3.05, 3.63) is 119 Å². The minimum absolute atomic E-state index is 0.0339. The van der Waals surface area contributed by atoms with Crippen molar-refractivity contribution in [2.45, 2.75) is 84.4 Å². The second kappa shape index (κ2) is 22.7. The first-order valence-corrected chi connectivity index (χ1v) is 23.2. The summed E-state index contributed by atoms with van der Waals surface area (Å²) in [5, 5.41) is 39.8. The molecule has 4 aromatic rings. The zero-order chi connectivity index (χ0) is 45.6. The van der Waals surface area contributed by atoms with Gasteiger partial charge in [0, 0.05) is 36.5 Å². The molecule has 338 valence electrons. The summed E-state index contributed by atoms with van der Waals surface area (Å²) in [4.78, 5) is 26.3. The van der Waals surface area contributed by atoms with E-state index in [-0.39, 0.29) is 23.8 Å². The third-order valence-electron chi connectivity index (χ3n) is 10.1. The van der Waals surface area contributed by atoms with Crippen molar-refractivity contribution < 1.29 is 54.8 Å². The summed E-state index contributed by atoms with van der Waals surface area (Å²) in [7, 11) is -9.51. The van der Waals surface area contributed by atoms with Crippen LogP contribution in [0.4, 0.5) is 5.69 Å². The number of rotatable bonds is 24. The van der Waals surface area contributed by atoms with Crippen molar-refractivity contribution >= 4 is 38.2 Å². The Bertz CT molecular complexity index is 2300. The fraction of sp³-hybridized carbons (Fsp3) is 0.409. The van der Waals surface area contributed by atoms with E-state index in [2.05, 4.69) is 69.6 Å². The quantitative estimate of drug-likeness (QED) is 0.0391. The van der Waals surface area contributed by atoms with Gasteiger partial charge in [0.2, 0.25) is 0 Å². The molecule has 0 bridgehead atoms. The van der Waals surface area contributed by atoms with Gasteiger partial charge in [-0.25, -0.2) is 4.72 Å². The minimum atomic E-state index is -4.88. The normalized spacial score (nSPS) is 13.5. The van der Waals surface area contributed by atoms with Gasteiger partial charge in [-0.1, -0.05) is 67.6 Å². The van der Waals surface area contributed by atoms with Crippen molar-refractivity contribution in [3.63, 3.8) is 0 Å². The highest BCUT2D eigenvalue weighted by molar-refractivity contribution is 7.88. The molecule has 0 heterocycles. The first kappa shape index (κ1) is 49.4. The van der Waals surface area contributed by atoms with E-state index in [0.717, 1.165) is 48.7 Å². The van der Waals surface area contributed by atoms with Crippen molar-refractivity contribution in [2.24, 2.45) is 11.1 Å². The predicted molar refractivity (Wildman–Crippen MR) is 235 cm³/mol. The standard InChI is InChI=1S/C44H58N4O12S2/c1-29(2)48(30(3)4)23-20-37(34-9-7-6-8-10-34)38-26-33(13-17-40(38)49)21-24-58-36-15-11-32(12-16-36)19-22-46-28-42(51)35-14-18-41(50)39(27-35)47-62(56,57)60-44(53)31(5)25-43(52)59-61(45,54)55/h6-18,26-27,29-31,37,42,46-47,49-51H,19-25,28H2,1-5H3,(H2,45,54,55)/t31?,37-,42+/m1/s1. The lowest BCUT2D eigenvalue weighted by Gasteiger charge is -2.32. The number of aromatic hydroxyl groups is 2. The van der Waals surface area contributed by atoms with Crippen LogP contribution in [0.2, 0.25) is 0 Å². The van der Waals surface area contributed by atoms with Crippen LogP contribution in [0.5, 0.6) is 17.2 Å². The van der Waals surface area contributed by atoms with Gasteiger partial charge in [0.05, 0.1) is 30.7 Å². The molecule has 0 saturated carbocycles. The van der Waals surface area contributed by atoms with Crippen LogP contribution in [0.3, 0.4) is 0 Å². The Kier molecular flexibility index (Phi) is 18.1. The number of benzene rings is 4. The maximum absolute atomic E-state index is 12.5. The lowest BCUT2D eigenvalue weighted by molar-refractivity contribution is -0.144. The summed E-state index contributed by atoms with van der Waals surface area (Å²) in [6.45, 7) is 11.9. The number of phenols is 2. The SMILES string of the molecule is CC(CC(=O)OS(N)(=O)=O)C(=O)OS(=O)(=O)Nc1cc([C@@H](O)CNCCc2ccc(OCCc3ccc(O)c([C@H](CCN(C(C)C)C(C)C)c4ccccc4)c3)cc2)ccc1O. The molecule has 0 aliphatic rings. The van der Waals surface area contributed by atoms with Crippen LogP contribution in [0.15, 0.2) is 91.0 Å². The molecule has 16 nitrogen and oxygen atoms in total. The van der Waals surface area contributed by atoms with Crippen LogP contribution < -0.4 is 19.9 Å². The number of ether oxygens (including phenoxy) is 1. The predicted octanol–water partition coefficient (Wildman–Crippen LogP) is 5.20. The van der Waals surface area contributed by atoms with E-state index in [1.807, 2.05) is 53.3 Å². The van der Waals surface area contributed by atoms with E-state index in [1.54, 1.807) is 6.07 Å². The molecule has 62 heavy (non-hydrogen) atoms. The van der Waals surface area contributed by atoms with Gasteiger partial charge < -0.3 is 33.7 Å². The highest BCUT2D eigenvalue weighted by Crippen LogP contribution is 2.35. The number of aliphatic hydroxyl groups excluding tert-OH is 1. The fourth-order valence-corrected chi connectivity index (χ4v) is 8.11. The summed E-state index contributed by atoms with van der Waals surface area (Å²) in [6, 6.07) is 28.3. The van der Waals surface area contributed by atoms with Crippen molar-refractivity contribution in [1.82, 2.24) is 10.2 Å². The molecule has 4 aromatic carbocycles. The fourth-order valence-electron chi connectivity index (χ4n) is 6.93. The topological polar surface area (TPSA) is 244 Å². The largest absolute Gasteiger partial charge is 0.508 e. The molecule has 0 radical (unpaired) electrons. The van der Waals surface area contributed by atoms with Crippen LogP contribution in [0, 0.1) is 5.92 Å². The van der Waals surface area contributed by atoms with E-state index < -0.39 is 62.4 Å². The van der Waals surface area contributed by atoms with Crippen molar-refractivity contribution in [3.8, 4) is 17.2 Å². The summed E-state index contributed by atoms with van der Waals surface area (Å²) in [6.07, 6.45) is 0.188. The number of phenolic OH excluding ortho intramolecular Hbond substituents is 2. The number of carbonyl (C=O) groups is 2. The van der Waals surface area contributed by atoms with Gasteiger partial charge in [0.1, 0.15) is 17.2 Å². The van der Waals surface area contributed by atoms with E-state index in [9.17, 15) is 41.7 Å². The van der Waals surface area contributed by atoms with E-state index in [4.69, 9.17) is 4.74 Å². The number of nitrogens with two attached hydrogens (primary N) is 1. The number of carbonyl (C=O) groups excluding carboxylic acids is 2. The number of aliphatic hydroxyl groups is 1. The lowest BCUT2D eigenvalue weighted by atomic mass is 9.86. The minimum Gasteiger partial charge on any atom is -0.508 e. The molecule has 0 aromatic heterocycles. The van der Waals surface area contributed by atoms with Crippen LogP contribution in [0.1, 0.15) is 87.3 Å². The Labute approximate surface area is 364 Å². The highest BCUT2D eigenvalue weighted by Gasteiger charge is 2.28. The number of nitrogens with one attached hydrogen (secondary N) is 2. The molecule has 0 saturated heterocycles. The molecule has 4 rings (SSSR count). The summed E-state index contributed by atoms with van der Waals surface area (Å²) >= 11 is 0. The molecule has 3 atom stereocenters. The van der Waals surface area contributed by atoms with Gasteiger partial charge in [-0.3, -0.25) is 14.5 Å². The van der Waals surface area contributed by atoms with Crippen LogP contribution >= 0.6 is 0 Å². The van der Waals surface area contributed by atoms with Gasteiger partial charge in [0.15, 0.2) is 0 Å². The molecule has 0 aliphatic heterocycles. The second-order valence-electron chi connectivity index (χ2n) is 15.6. The number of hydrogen-bond donors (Lipinski definition) is 6. The molecular weight excluding hydrogens is 841 g/mol. The number of hydrogen-bond acceptors (Lipinski definition) is 14. The maximum atomic E-state index is 12.5. The second-order valence-corrected chi connectivity index (χ2v) is 18.0. The van der Waals surface area contributed by atoms with Crippen LogP contribution in [0.25, 0.3) is 0 Å². The van der Waals surface area contributed by atoms with Crippen molar-refractivity contribution in [1.29, 1.82) is 0 Å². The summed E-state index contributed by atoms with van der Waals surface area (Å²) < 4.78 is 63.1. The third-order valence-corrected chi connectivity index (χ3v) is 11.4. The molecule has 7 N–H and O–H groups in total. The Hall–Kier alpha value is -5.24. The smallest absolute Gasteiger partial charge is 0.410 e. The lowest BCUT2D eigenvalue weighted by Crippen LogP contribution is -2.38. The monoisotopic (exact) mass is 898 g/mol. The first-order valence-electron chi connectivity index (χ1n) is 20.3. The molecule has 0 amide bonds. The molecule has 1 unspecified atom stereocenters. The summed E-state index contributed by atoms with van der Waals surface area (Å²) in [5.41, 5.74) is 4.00. The van der Waals surface area contributed by atoms with Gasteiger partial charge in [-0.15, -0.1) is 0 Å². The van der Waals surface area contributed by atoms with E-state index in [1.165, 1.54) is 11.6 Å². The van der Waals surface area contributed by atoms with Gasteiger partial charge in [-0.05, 0) is 106 Å². The van der Waals surface area contributed by atoms with E-state index >= 15 is 0 Å². The Balaban J connectivity index is 1.25. The zero-order valence-electron chi connectivity index (χ0n) is 35.6. The maximum Gasteiger partial charge on any atom is 0.410 e. The van der Waals surface area contributed by atoms with Gasteiger partial charge >= 0.3 is 32.5 Å². The third kappa shape index (κ3) is 15.9. The Morgan fingerprint density at radius 2 is 1.42 bits per heavy atom. The van der Waals surface area contributed by atoms with Crippen LogP contribution in [-0.4, -0.2) is 87.3 Å². The molecule has 0 aliphatic carbocycles.